The molecule has 348 valence electrons. The van der Waals surface area contributed by atoms with Crippen LogP contribution in [0.2, 0.25) is 0 Å². The van der Waals surface area contributed by atoms with Gasteiger partial charge in [0.2, 0.25) is 6.10 Å². The Labute approximate surface area is 371 Å². The highest BCUT2D eigenvalue weighted by Crippen LogP contribution is 2.64. The van der Waals surface area contributed by atoms with Gasteiger partial charge in [-0.25, -0.2) is 14.4 Å². The second-order valence-corrected chi connectivity index (χ2v) is 18.8. The highest BCUT2D eigenvalue weighted by Gasteiger charge is 2.77. The third kappa shape index (κ3) is 8.67. The van der Waals surface area contributed by atoms with Crippen LogP contribution in [-0.4, -0.2) is 123 Å². The Morgan fingerprint density at radius 3 is 2.12 bits per heavy atom. The van der Waals surface area contributed by atoms with Crippen molar-refractivity contribution in [1.29, 1.82) is 0 Å². The van der Waals surface area contributed by atoms with Crippen LogP contribution in [0.1, 0.15) is 103 Å². The average Bonchev–Trinajstić information content (AvgIpc) is 3.22. The Morgan fingerprint density at radius 1 is 0.938 bits per heavy atom. The summed E-state index contributed by atoms with van der Waals surface area (Å²) in [7, 11) is 0. The van der Waals surface area contributed by atoms with Gasteiger partial charge >= 0.3 is 30.0 Å². The Balaban J connectivity index is 1.51. The number of hydrogen-bond acceptors (Lipinski definition) is 15. The molecule has 3 aliphatic carbocycles. The molecule has 0 spiro atoms. The molecule has 1 amide bonds. The van der Waals surface area contributed by atoms with Crippen LogP contribution in [0.3, 0.4) is 0 Å². The summed E-state index contributed by atoms with van der Waals surface area (Å²) in [5.41, 5.74) is -7.90. The number of carbonyl (C=O) groups excluding carboxylic acids is 5. The third-order valence-electron chi connectivity index (χ3n) is 13.4. The first-order valence-electron chi connectivity index (χ1n) is 21.4. The van der Waals surface area contributed by atoms with Gasteiger partial charge in [-0.3, -0.25) is 14.4 Å². The Kier molecular flexibility index (Phi) is 13.6. The molecule has 1 heterocycles. The zero-order valence-corrected chi connectivity index (χ0v) is 37.3. The summed E-state index contributed by atoms with van der Waals surface area (Å²) in [5.74, 6) is -6.81. The molecule has 2 aromatic rings. The van der Waals surface area contributed by atoms with Gasteiger partial charge in [0.15, 0.2) is 5.78 Å². The molecule has 11 atom stereocenters. The van der Waals surface area contributed by atoms with E-state index in [0.29, 0.717) is 0 Å². The number of rotatable bonds is 13. The molecule has 3 fully saturated rings. The van der Waals surface area contributed by atoms with Crippen LogP contribution in [0.5, 0.6) is 0 Å². The lowest BCUT2D eigenvalue weighted by molar-refractivity contribution is -0.356. The summed E-state index contributed by atoms with van der Waals surface area (Å²) in [4.78, 5) is 82.2. The SMILES string of the molecule is CCO[C@@]12CO[C@@H]1C[C@H](O)[C@@]1(C)C(=O)[C@H](O)C3=C(C)[C@@H](OC(=O)[C@H](OC(=O)CCC(=O)O)[C@@H](NC(=O)OC(C)(C)C)c4ccccc4)C[C@@](O)([C@@H](OC(=O)c4ccccc4)C12)C3(C)C. The number of aliphatic hydroxyl groups is 3. The van der Waals surface area contributed by atoms with Crippen molar-refractivity contribution in [2.75, 3.05) is 13.2 Å². The van der Waals surface area contributed by atoms with E-state index in [-0.39, 0.29) is 41.9 Å². The molecule has 5 N–H and O–H groups in total. The maximum absolute atomic E-state index is 15.1. The van der Waals surface area contributed by atoms with E-state index in [1.807, 2.05) is 0 Å². The summed E-state index contributed by atoms with van der Waals surface area (Å²) < 4.78 is 36.2. The number of hydrogen-bond donors (Lipinski definition) is 5. The minimum absolute atomic E-state index is 0.0720. The third-order valence-corrected chi connectivity index (χ3v) is 13.4. The lowest BCUT2D eigenvalue weighted by Crippen LogP contribution is -2.81. The lowest BCUT2D eigenvalue weighted by Gasteiger charge is -2.68. The highest BCUT2D eigenvalue weighted by molar-refractivity contribution is 5.94. The van der Waals surface area contributed by atoms with E-state index in [9.17, 15) is 44.4 Å². The largest absolute Gasteiger partial charge is 0.481 e. The molecule has 4 aliphatic rings. The van der Waals surface area contributed by atoms with Crippen LogP contribution >= 0.6 is 0 Å². The van der Waals surface area contributed by atoms with Crippen molar-refractivity contribution in [1.82, 2.24) is 5.32 Å². The predicted molar refractivity (Wildman–Crippen MR) is 224 cm³/mol. The van der Waals surface area contributed by atoms with Gasteiger partial charge in [0.25, 0.3) is 0 Å². The minimum Gasteiger partial charge on any atom is -0.481 e. The van der Waals surface area contributed by atoms with Gasteiger partial charge in [-0.15, -0.1) is 0 Å². The first-order chi connectivity index (χ1) is 29.9. The van der Waals surface area contributed by atoms with Gasteiger partial charge in [-0.2, -0.15) is 0 Å². The zero-order valence-electron chi connectivity index (χ0n) is 37.3. The van der Waals surface area contributed by atoms with E-state index >= 15 is 4.79 Å². The van der Waals surface area contributed by atoms with Gasteiger partial charge in [0.05, 0.1) is 42.6 Å². The number of fused-ring (bicyclic) bond motifs is 5. The topological polar surface area (TPSA) is 251 Å². The fraction of sp³-hybridized carbons (Fsp3) is 0.574. The summed E-state index contributed by atoms with van der Waals surface area (Å²) in [6.07, 6.45) is -12.5. The van der Waals surface area contributed by atoms with Crippen LogP contribution in [0, 0.1) is 16.7 Å². The smallest absolute Gasteiger partial charge is 0.408 e. The fourth-order valence-corrected chi connectivity index (χ4v) is 10.1. The van der Waals surface area contributed by atoms with Gasteiger partial charge in [-0.05, 0) is 70.4 Å². The fourth-order valence-electron chi connectivity index (χ4n) is 10.1. The molecule has 17 nitrogen and oxygen atoms in total. The molecule has 2 aromatic carbocycles. The molecule has 1 saturated heterocycles. The van der Waals surface area contributed by atoms with E-state index in [0.717, 1.165) is 0 Å². The number of carboxylic acid groups (broad SMARTS) is 1. The summed E-state index contributed by atoms with van der Waals surface area (Å²) in [6.45, 7) is 12.6. The molecule has 2 bridgehead atoms. The molecule has 6 rings (SSSR count). The normalized spacial score (nSPS) is 31.6. The zero-order chi connectivity index (χ0) is 47.2. The van der Waals surface area contributed by atoms with Crippen molar-refractivity contribution in [2.24, 2.45) is 16.7 Å². The molecule has 1 aliphatic heterocycles. The quantitative estimate of drug-likeness (QED) is 0.108. The van der Waals surface area contributed by atoms with Crippen molar-refractivity contribution in [2.45, 2.75) is 141 Å². The van der Waals surface area contributed by atoms with E-state index in [1.54, 1.807) is 90.1 Å². The second-order valence-electron chi connectivity index (χ2n) is 18.8. The monoisotopic (exact) mass is 893 g/mol. The average molecular weight is 894 g/mol. The molecule has 1 unspecified atom stereocenters. The van der Waals surface area contributed by atoms with Crippen molar-refractivity contribution < 1.29 is 77.6 Å². The molecule has 64 heavy (non-hydrogen) atoms. The summed E-state index contributed by atoms with van der Waals surface area (Å²) in [5, 5.41) is 49.8. The van der Waals surface area contributed by atoms with Crippen LogP contribution in [0.4, 0.5) is 4.79 Å². The molecule has 2 saturated carbocycles. The Hall–Kier alpha value is -5.20. The van der Waals surface area contributed by atoms with Gasteiger partial charge < -0.3 is 54.2 Å². The molecule has 0 aromatic heterocycles. The first kappa shape index (κ1) is 48.3. The Morgan fingerprint density at radius 2 is 1.56 bits per heavy atom. The highest BCUT2D eigenvalue weighted by atomic mass is 16.6. The number of carboxylic acids is 1. The number of amides is 1. The number of aliphatic carboxylic acids is 1. The van der Waals surface area contributed by atoms with Gasteiger partial charge in [0, 0.05) is 30.8 Å². The van der Waals surface area contributed by atoms with Gasteiger partial charge in [-0.1, -0.05) is 62.4 Å². The number of nitrogens with one attached hydrogen (secondary N) is 1. The van der Waals surface area contributed by atoms with Crippen LogP contribution < -0.4 is 5.32 Å². The summed E-state index contributed by atoms with van der Waals surface area (Å²) in [6, 6.07) is 14.4. The number of ketones is 1. The minimum atomic E-state index is -2.34. The van der Waals surface area contributed by atoms with Crippen LogP contribution in [0.15, 0.2) is 71.8 Å². The number of esters is 3. The van der Waals surface area contributed by atoms with E-state index < -0.39 is 131 Å². The van der Waals surface area contributed by atoms with E-state index in [2.05, 4.69) is 5.32 Å². The van der Waals surface area contributed by atoms with Crippen LogP contribution in [0.25, 0.3) is 0 Å². The van der Waals surface area contributed by atoms with Gasteiger partial charge in [0.1, 0.15) is 41.2 Å². The number of alkyl carbamates (subject to hydrolysis) is 1. The lowest BCUT2D eigenvalue weighted by atomic mass is 9.44. The van der Waals surface area contributed by atoms with E-state index in [4.69, 9.17) is 28.4 Å². The van der Waals surface area contributed by atoms with E-state index in [1.165, 1.54) is 26.0 Å². The summed E-state index contributed by atoms with van der Waals surface area (Å²) >= 11 is 0. The number of benzene rings is 2. The maximum atomic E-state index is 15.1. The molecule has 0 radical (unpaired) electrons. The molecular formula is C47H59NO16. The van der Waals surface area contributed by atoms with Crippen molar-refractivity contribution >= 4 is 35.8 Å². The number of ether oxygens (including phenoxy) is 6. The van der Waals surface area contributed by atoms with Crippen LogP contribution in [-0.2, 0) is 47.6 Å². The molecule has 17 heteroatoms. The second kappa shape index (κ2) is 18.0. The maximum Gasteiger partial charge on any atom is 0.408 e. The standard InChI is InChI=1S/C47H59NO16/c1-9-60-46-24-59-30(46)22-29(49)45(8)37(46)39(63-40(55)27-18-14-11-15-19-27)47(58)23-28(25(2)33(44(47,6)7)35(53)38(45)54)61-41(56)36(62-32(52)21-20-31(50)51)34(26-16-12-10-13-17-26)48-42(57)64-43(3,4)5/h10-19,28-30,34-37,39,49,53,58H,9,20-24H2,1-8H3,(H,48,57)(H,50,51)/t28-,29-,30+,34-,35+,36+,37?,39-,45+,46-,47+/m0/s1. The van der Waals surface area contributed by atoms with Crippen molar-refractivity contribution in [3.63, 3.8) is 0 Å². The number of aliphatic hydroxyl groups excluding tert-OH is 2. The first-order valence-corrected chi connectivity index (χ1v) is 21.4. The molecular weight excluding hydrogens is 835 g/mol. The predicted octanol–water partition coefficient (Wildman–Crippen LogP) is 4.15. The van der Waals surface area contributed by atoms with Crippen molar-refractivity contribution in [3.8, 4) is 0 Å². The number of carbonyl (C=O) groups is 6. The Bertz CT molecular complexity index is 2150. The van der Waals surface area contributed by atoms with Crippen molar-refractivity contribution in [3.05, 3.63) is 82.9 Å². The number of Topliss-reactive ketones (excluding diaryl/α,β-unsaturated/α-hetero) is 1.